The molecule has 1 heterocycles. The van der Waals surface area contributed by atoms with Gasteiger partial charge in [-0.1, -0.05) is 64.2 Å². The first kappa shape index (κ1) is 27.6. The Balaban J connectivity index is 2.04. The maximum absolute atomic E-state index is 13.1. The molecule has 1 fully saturated rings. The fourth-order valence-corrected chi connectivity index (χ4v) is 6.25. The smallest absolute Gasteiger partial charge is 0.408 e. The third-order valence-corrected chi connectivity index (χ3v) is 12.6. The minimum Gasteiger partial charge on any atom is -0.448 e. The van der Waals surface area contributed by atoms with Crippen molar-refractivity contribution < 1.29 is 32.3 Å². The van der Waals surface area contributed by atoms with Gasteiger partial charge in [-0.3, -0.25) is 4.79 Å². The number of alkyl carbamates (subject to hydrolysis) is 2. The molecular formula is C22H35N3O7SSi. The maximum Gasteiger partial charge on any atom is 0.408 e. The van der Waals surface area contributed by atoms with Crippen LogP contribution in [-0.4, -0.2) is 76.6 Å². The Morgan fingerprint density at radius 1 is 1.09 bits per heavy atom. The average molecular weight is 514 g/mol. The molecule has 1 aromatic rings. The van der Waals surface area contributed by atoms with Gasteiger partial charge in [0.15, 0.2) is 18.1 Å². The Labute approximate surface area is 202 Å². The third kappa shape index (κ3) is 7.20. The average Bonchev–Trinajstić information content (AvgIpc) is 2.72. The van der Waals surface area contributed by atoms with Gasteiger partial charge < -0.3 is 24.7 Å². The van der Waals surface area contributed by atoms with Crippen molar-refractivity contribution in [2.75, 3.05) is 25.2 Å². The largest absolute Gasteiger partial charge is 0.448 e. The fourth-order valence-electron chi connectivity index (χ4n) is 3.38. The van der Waals surface area contributed by atoms with Gasteiger partial charge in [-0.05, 0) is 10.6 Å². The van der Waals surface area contributed by atoms with Crippen molar-refractivity contribution in [2.45, 2.75) is 57.6 Å². The van der Waals surface area contributed by atoms with Crippen LogP contribution >= 0.6 is 0 Å². The van der Waals surface area contributed by atoms with E-state index in [-0.39, 0.29) is 36.5 Å². The van der Waals surface area contributed by atoms with Crippen LogP contribution < -0.4 is 10.6 Å². The minimum atomic E-state index is -3.26. The van der Waals surface area contributed by atoms with Gasteiger partial charge in [0.25, 0.3) is 0 Å². The van der Waals surface area contributed by atoms with Crippen molar-refractivity contribution in [1.82, 2.24) is 15.2 Å². The second kappa shape index (κ2) is 10.8. The SMILES string of the molecule is CC(C)(C)[Si](C)(C)N1C(=O)C(NC(=O)OCc2ccccc2)C1CNC(=O)OCCS(C)(=O)=O. The number of rotatable bonds is 9. The zero-order valence-electron chi connectivity index (χ0n) is 20.6. The Bertz CT molecular complexity index is 994. The fraction of sp³-hybridized carbons (Fsp3) is 0.591. The molecule has 12 heteroatoms. The molecule has 1 aliphatic rings. The second-order valence-electron chi connectivity index (χ2n) is 9.92. The van der Waals surface area contributed by atoms with Crippen LogP contribution in [0.5, 0.6) is 0 Å². The highest BCUT2D eigenvalue weighted by Crippen LogP contribution is 2.42. The molecule has 1 aromatic carbocycles. The molecular weight excluding hydrogens is 478 g/mol. The molecule has 0 spiro atoms. The molecule has 2 atom stereocenters. The lowest BCUT2D eigenvalue weighted by Crippen LogP contribution is -2.80. The number of benzene rings is 1. The van der Waals surface area contributed by atoms with E-state index in [0.717, 1.165) is 11.8 Å². The van der Waals surface area contributed by atoms with Crippen molar-refractivity contribution in [3.05, 3.63) is 35.9 Å². The van der Waals surface area contributed by atoms with Crippen molar-refractivity contribution in [2.24, 2.45) is 0 Å². The lowest BCUT2D eigenvalue weighted by molar-refractivity contribution is -0.143. The summed E-state index contributed by atoms with van der Waals surface area (Å²) in [4.78, 5) is 37.5. The normalized spacial score (nSPS) is 18.6. The third-order valence-electron chi connectivity index (χ3n) is 6.29. The van der Waals surface area contributed by atoms with Gasteiger partial charge >= 0.3 is 12.2 Å². The number of amides is 3. The molecule has 0 saturated carbocycles. The van der Waals surface area contributed by atoms with Crippen LogP contribution in [0.25, 0.3) is 0 Å². The summed E-state index contributed by atoms with van der Waals surface area (Å²) >= 11 is 0. The summed E-state index contributed by atoms with van der Waals surface area (Å²) in [7, 11) is -5.57. The van der Waals surface area contributed by atoms with Gasteiger partial charge in [0, 0.05) is 12.8 Å². The number of sulfone groups is 1. The summed E-state index contributed by atoms with van der Waals surface area (Å²) in [6.07, 6.45) is -0.459. The van der Waals surface area contributed by atoms with Crippen LogP contribution in [0.3, 0.4) is 0 Å². The molecule has 3 amide bonds. The Hall–Kier alpha value is -2.60. The molecule has 0 radical (unpaired) electrons. The van der Waals surface area contributed by atoms with Gasteiger partial charge in [-0.2, -0.15) is 0 Å². The van der Waals surface area contributed by atoms with E-state index >= 15 is 0 Å². The van der Waals surface area contributed by atoms with Crippen LogP contribution in [0.2, 0.25) is 18.1 Å². The Kier molecular flexibility index (Phi) is 8.75. The summed E-state index contributed by atoms with van der Waals surface area (Å²) in [6, 6.07) is 7.83. The summed E-state index contributed by atoms with van der Waals surface area (Å²) in [5.41, 5.74) is 0.815. The predicted octanol–water partition coefficient (Wildman–Crippen LogP) is 2.27. The van der Waals surface area contributed by atoms with E-state index in [1.165, 1.54) is 0 Å². The topological polar surface area (TPSA) is 131 Å². The van der Waals surface area contributed by atoms with E-state index in [0.29, 0.717) is 0 Å². The van der Waals surface area contributed by atoms with Crippen LogP contribution in [0, 0.1) is 0 Å². The number of ether oxygens (including phenoxy) is 2. The molecule has 10 nitrogen and oxygen atoms in total. The van der Waals surface area contributed by atoms with Crippen molar-refractivity contribution in [1.29, 1.82) is 0 Å². The van der Waals surface area contributed by atoms with E-state index in [9.17, 15) is 22.8 Å². The summed E-state index contributed by atoms with van der Waals surface area (Å²) in [6.45, 7) is 10.1. The lowest BCUT2D eigenvalue weighted by atomic mass is 9.99. The highest BCUT2D eigenvalue weighted by atomic mass is 32.2. The first-order chi connectivity index (χ1) is 15.6. The number of β-lactam (4-membered cyclic amide) rings is 1. The number of carbonyl (C=O) groups excluding carboxylic acids is 3. The monoisotopic (exact) mass is 513 g/mol. The maximum atomic E-state index is 13.1. The molecule has 2 rings (SSSR count). The van der Waals surface area contributed by atoms with Gasteiger partial charge in [-0.15, -0.1) is 0 Å². The Morgan fingerprint density at radius 3 is 2.26 bits per heavy atom. The van der Waals surface area contributed by atoms with E-state index in [4.69, 9.17) is 9.47 Å². The zero-order valence-corrected chi connectivity index (χ0v) is 22.4. The highest BCUT2D eigenvalue weighted by molar-refractivity contribution is 7.90. The molecule has 190 valence electrons. The minimum absolute atomic E-state index is 0.0413. The van der Waals surface area contributed by atoms with Crippen LogP contribution in [0.1, 0.15) is 26.3 Å². The summed E-state index contributed by atoms with van der Waals surface area (Å²) in [5.74, 6) is -0.504. The Morgan fingerprint density at radius 2 is 1.71 bits per heavy atom. The lowest BCUT2D eigenvalue weighted by Gasteiger charge is -2.58. The zero-order chi connectivity index (χ0) is 25.7. The van der Waals surface area contributed by atoms with Crippen molar-refractivity contribution >= 4 is 36.2 Å². The second-order valence-corrected chi connectivity index (χ2v) is 17.3. The molecule has 0 aromatic heterocycles. The van der Waals surface area contributed by atoms with Crippen LogP contribution in [0.15, 0.2) is 30.3 Å². The highest BCUT2D eigenvalue weighted by Gasteiger charge is 2.57. The molecule has 1 aliphatic heterocycles. The van der Waals surface area contributed by atoms with Gasteiger partial charge in [0.2, 0.25) is 5.91 Å². The summed E-state index contributed by atoms with van der Waals surface area (Å²) < 4.78 is 34.4. The van der Waals surface area contributed by atoms with Crippen molar-refractivity contribution in [3.63, 3.8) is 0 Å². The molecule has 0 bridgehead atoms. The summed E-state index contributed by atoms with van der Waals surface area (Å²) in [5, 5.41) is 5.05. The quantitative estimate of drug-likeness (QED) is 0.382. The predicted molar refractivity (Wildman–Crippen MR) is 130 cm³/mol. The molecule has 34 heavy (non-hydrogen) atoms. The number of nitrogens with zero attached hydrogens (tertiary/aromatic N) is 1. The standard InChI is InChI=1S/C22H35N3O7SSi/c1-22(2,3)34(5,6)25-17(14-23-20(27)31-12-13-33(4,29)30)18(19(25)26)24-21(28)32-15-16-10-8-7-9-11-16/h7-11,17-18H,12-15H2,1-6H3,(H,23,27)(H,24,28). The number of nitrogens with one attached hydrogen (secondary N) is 2. The number of hydrogen-bond acceptors (Lipinski definition) is 7. The number of carbonyl (C=O) groups is 3. The first-order valence-corrected chi connectivity index (χ1v) is 16.0. The van der Waals surface area contributed by atoms with E-state index in [1.807, 2.05) is 30.3 Å². The van der Waals surface area contributed by atoms with Gasteiger partial charge in [0.1, 0.15) is 19.3 Å². The van der Waals surface area contributed by atoms with E-state index in [1.54, 1.807) is 4.57 Å². The molecule has 2 N–H and O–H groups in total. The first-order valence-electron chi connectivity index (χ1n) is 11.0. The molecule has 0 aliphatic carbocycles. The van der Waals surface area contributed by atoms with Crippen LogP contribution in [-0.2, 0) is 30.7 Å². The molecule has 2 unspecified atom stereocenters. The number of hydrogen-bond donors (Lipinski definition) is 2. The van der Waals surface area contributed by atoms with Gasteiger partial charge in [-0.25, -0.2) is 18.0 Å². The van der Waals surface area contributed by atoms with E-state index < -0.39 is 42.3 Å². The van der Waals surface area contributed by atoms with Crippen LogP contribution in [0.4, 0.5) is 9.59 Å². The van der Waals surface area contributed by atoms with Gasteiger partial charge in [0.05, 0.1) is 11.8 Å². The van der Waals surface area contributed by atoms with E-state index in [2.05, 4.69) is 44.5 Å². The molecule has 1 saturated heterocycles. The van der Waals surface area contributed by atoms with Crippen molar-refractivity contribution in [3.8, 4) is 0 Å².